The molecule has 0 fully saturated rings. The molecule has 0 amide bonds. The van der Waals surface area contributed by atoms with Crippen molar-refractivity contribution >= 4 is 23.6 Å². The van der Waals surface area contributed by atoms with Crippen molar-refractivity contribution in [2.24, 2.45) is 7.05 Å². The maximum absolute atomic E-state index is 10.9. The van der Waals surface area contributed by atoms with Crippen LogP contribution < -0.4 is 5.73 Å². The molecule has 2 rings (SSSR count). The number of aromatic nitrogens is 3. The van der Waals surface area contributed by atoms with Crippen molar-refractivity contribution in [1.29, 1.82) is 0 Å². The molecule has 82 valence electrons. The van der Waals surface area contributed by atoms with Gasteiger partial charge < -0.3 is 5.73 Å². The van der Waals surface area contributed by atoms with Gasteiger partial charge in [-0.25, -0.2) is 4.68 Å². The lowest BCUT2D eigenvalue weighted by Gasteiger charge is -2.03. The van der Waals surface area contributed by atoms with Crippen LogP contribution >= 0.6 is 11.6 Å². The fourth-order valence-corrected chi connectivity index (χ4v) is 1.59. The fourth-order valence-electron chi connectivity index (χ4n) is 1.42. The van der Waals surface area contributed by atoms with Crippen LogP contribution in [0.5, 0.6) is 0 Å². The molecule has 0 radical (unpaired) electrons. The topological polar surface area (TPSA) is 73.8 Å². The van der Waals surface area contributed by atoms with E-state index in [4.69, 9.17) is 17.3 Å². The molecule has 0 saturated heterocycles. The van der Waals surface area contributed by atoms with Crippen molar-refractivity contribution < 1.29 is 4.79 Å². The number of halogens is 1. The number of hydrogen-bond donors (Lipinski definition) is 1. The Morgan fingerprint density at radius 2 is 2.25 bits per heavy atom. The molecule has 0 aliphatic rings. The van der Waals surface area contributed by atoms with Gasteiger partial charge in [-0.05, 0) is 18.2 Å². The van der Waals surface area contributed by atoms with Crippen molar-refractivity contribution in [3.63, 3.8) is 0 Å². The maximum atomic E-state index is 10.9. The minimum absolute atomic E-state index is 0.369. The SMILES string of the molecule is Cn1nnc(-c2cc(Cl)ccc2N)c1C=O. The summed E-state index contributed by atoms with van der Waals surface area (Å²) in [6.45, 7) is 0. The van der Waals surface area contributed by atoms with Crippen molar-refractivity contribution in [2.45, 2.75) is 0 Å². The smallest absolute Gasteiger partial charge is 0.170 e. The third-order valence-corrected chi connectivity index (χ3v) is 2.49. The van der Waals surface area contributed by atoms with Gasteiger partial charge in [0.25, 0.3) is 0 Å². The molecule has 0 aliphatic heterocycles. The summed E-state index contributed by atoms with van der Waals surface area (Å²) >= 11 is 5.87. The third kappa shape index (κ3) is 1.65. The van der Waals surface area contributed by atoms with E-state index in [9.17, 15) is 4.79 Å². The number of benzene rings is 1. The normalized spacial score (nSPS) is 10.4. The molecule has 0 atom stereocenters. The number of aryl methyl sites for hydroxylation is 1. The molecule has 0 unspecified atom stereocenters. The zero-order chi connectivity index (χ0) is 11.7. The second-order valence-electron chi connectivity index (χ2n) is 3.30. The number of nitrogens with two attached hydrogens (primary N) is 1. The second-order valence-corrected chi connectivity index (χ2v) is 3.73. The van der Waals surface area contributed by atoms with Crippen molar-refractivity contribution in [1.82, 2.24) is 15.0 Å². The molecule has 1 aromatic carbocycles. The zero-order valence-electron chi connectivity index (χ0n) is 8.51. The van der Waals surface area contributed by atoms with Gasteiger partial charge >= 0.3 is 0 Å². The molecule has 0 aliphatic carbocycles. The van der Waals surface area contributed by atoms with Crippen LogP contribution in [0.4, 0.5) is 5.69 Å². The van der Waals surface area contributed by atoms with Crippen LogP contribution in [0.1, 0.15) is 10.5 Å². The van der Waals surface area contributed by atoms with E-state index in [1.807, 2.05) is 0 Å². The van der Waals surface area contributed by atoms with Crippen LogP contribution in [0.25, 0.3) is 11.3 Å². The van der Waals surface area contributed by atoms with Gasteiger partial charge in [-0.1, -0.05) is 16.8 Å². The zero-order valence-corrected chi connectivity index (χ0v) is 9.27. The monoisotopic (exact) mass is 236 g/mol. The first-order valence-electron chi connectivity index (χ1n) is 4.53. The summed E-state index contributed by atoms with van der Waals surface area (Å²) in [7, 11) is 1.64. The maximum Gasteiger partial charge on any atom is 0.170 e. The number of rotatable bonds is 2. The number of carbonyl (C=O) groups is 1. The Morgan fingerprint density at radius 3 is 2.94 bits per heavy atom. The summed E-state index contributed by atoms with van der Waals surface area (Å²) in [4.78, 5) is 10.9. The van der Waals surface area contributed by atoms with E-state index in [-0.39, 0.29) is 0 Å². The highest BCUT2D eigenvalue weighted by Gasteiger charge is 2.14. The molecule has 2 aromatic rings. The number of hydrogen-bond acceptors (Lipinski definition) is 4. The van der Waals surface area contributed by atoms with Crippen LogP contribution in [-0.2, 0) is 7.05 Å². The molecule has 16 heavy (non-hydrogen) atoms. The first-order chi connectivity index (χ1) is 7.63. The first kappa shape index (κ1) is 10.6. The molecule has 0 saturated carbocycles. The number of nitrogen functional groups attached to an aromatic ring is 1. The average molecular weight is 237 g/mol. The molecule has 0 bridgehead atoms. The Hall–Kier alpha value is -1.88. The van der Waals surface area contributed by atoms with E-state index < -0.39 is 0 Å². The Bertz CT molecular complexity index is 550. The van der Waals surface area contributed by atoms with Crippen LogP contribution in [0.3, 0.4) is 0 Å². The lowest BCUT2D eigenvalue weighted by molar-refractivity contribution is 0.111. The van der Waals surface area contributed by atoms with Crippen LogP contribution in [-0.4, -0.2) is 21.3 Å². The molecular formula is C10H9ClN4O. The van der Waals surface area contributed by atoms with Crippen LogP contribution in [0.15, 0.2) is 18.2 Å². The largest absolute Gasteiger partial charge is 0.398 e. The molecule has 1 heterocycles. The number of nitrogens with zero attached hydrogens (tertiary/aromatic N) is 3. The highest BCUT2D eigenvalue weighted by Crippen LogP contribution is 2.28. The van der Waals surface area contributed by atoms with Crippen LogP contribution in [0, 0.1) is 0 Å². The molecule has 5 nitrogen and oxygen atoms in total. The van der Waals surface area contributed by atoms with Gasteiger partial charge in [0, 0.05) is 23.3 Å². The van der Waals surface area contributed by atoms with E-state index in [0.29, 0.717) is 33.9 Å². The highest BCUT2D eigenvalue weighted by molar-refractivity contribution is 6.31. The van der Waals surface area contributed by atoms with E-state index in [1.165, 1.54) is 4.68 Å². The minimum atomic E-state index is 0.369. The van der Waals surface area contributed by atoms with Gasteiger partial charge in [-0.3, -0.25) is 4.79 Å². The summed E-state index contributed by atoms with van der Waals surface area (Å²) in [5.74, 6) is 0. The van der Waals surface area contributed by atoms with E-state index in [1.54, 1.807) is 25.2 Å². The Labute approximate surface area is 96.8 Å². The molecule has 0 spiro atoms. The quantitative estimate of drug-likeness (QED) is 0.634. The molecule has 6 heteroatoms. The molecular weight excluding hydrogens is 228 g/mol. The number of carbonyl (C=O) groups excluding carboxylic acids is 1. The van der Waals surface area contributed by atoms with Crippen LogP contribution in [0.2, 0.25) is 5.02 Å². The van der Waals surface area contributed by atoms with Crippen molar-refractivity contribution in [2.75, 3.05) is 5.73 Å². The number of anilines is 1. The summed E-state index contributed by atoms with van der Waals surface area (Å²) in [5, 5.41) is 8.21. The second kappa shape index (κ2) is 3.94. The third-order valence-electron chi connectivity index (χ3n) is 2.25. The van der Waals surface area contributed by atoms with Gasteiger partial charge in [0.1, 0.15) is 11.4 Å². The average Bonchev–Trinajstić information content (AvgIpc) is 2.63. The summed E-state index contributed by atoms with van der Waals surface area (Å²) < 4.78 is 1.39. The lowest BCUT2D eigenvalue weighted by atomic mass is 10.1. The van der Waals surface area contributed by atoms with Gasteiger partial charge in [-0.15, -0.1) is 5.10 Å². The van der Waals surface area contributed by atoms with E-state index in [2.05, 4.69) is 10.3 Å². The Kier molecular flexibility index (Phi) is 2.62. The first-order valence-corrected chi connectivity index (χ1v) is 4.91. The minimum Gasteiger partial charge on any atom is -0.398 e. The summed E-state index contributed by atoms with van der Waals surface area (Å²) in [6, 6.07) is 5.01. The van der Waals surface area contributed by atoms with E-state index >= 15 is 0 Å². The lowest BCUT2D eigenvalue weighted by Crippen LogP contribution is -1.98. The molecule has 2 N–H and O–H groups in total. The highest BCUT2D eigenvalue weighted by atomic mass is 35.5. The number of aldehydes is 1. The van der Waals surface area contributed by atoms with Gasteiger partial charge in [0.2, 0.25) is 0 Å². The van der Waals surface area contributed by atoms with Gasteiger partial charge in [-0.2, -0.15) is 0 Å². The predicted octanol–water partition coefficient (Wildman–Crippen LogP) is 1.53. The Balaban J connectivity index is 2.66. The van der Waals surface area contributed by atoms with Gasteiger partial charge in [0.05, 0.1) is 0 Å². The van der Waals surface area contributed by atoms with Gasteiger partial charge in [0.15, 0.2) is 6.29 Å². The van der Waals surface area contributed by atoms with E-state index in [0.717, 1.165) is 0 Å². The summed E-state index contributed by atoms with van der Waals surface area (Å²) in [5.41, 5.74) is 7.74. The fraction of sp³-hybridized carbons (Fsp3) is 0.100. The summed E-state index contributed by atoms with van der Waals surface area (Å²) in [6.07, 6.45) is 0.690. The Morgan fingerprint density at radius 1 is 1.50 bits per heavy atom. The standard InChI is InChI=1S/C10H9ClN4O/c1-15-9(5-16)10(13-14-15)7-4-6(11)2-3-8(7)12/h2-5H,12H2,1H3. The van der Waals surface area contributed by atoms with Crippen molar-refractivity contribution in [3.05, 3.63) is 28.9 Å². The molecule has 1 aromatic heterocycles. The van der Waals surface area contributed by atoms with Crippen molar-refractivity contribution in [3.8, 4) is 11.3 Å². The predicted molar refractivity (Wildman–Crippen MR) is 61.2 cm³/mol.